The van der Waals surface area contributed by atoms with Crippen LogP contribution in [-0.4, -0.2) is 65.8 Å². The van der Waals surface area contributed by atoms with Crippen molar-refractivity contribution >= 4 is 27.0 Å². The normalized spacial score (nSPS) is 19.3. The van der Waals surface area contributed by atoms with Crippen molar-refractivity contribution in [3.05, 3.63) is 71.6 Å². The fourth-order valence-corrected chi connectivity index (χ4v) is 5.88. The first-order valence-corrected chi connectivity index (χ1v) is 12.2. The number of fused-ring (bicyclic) bond motifs is 3. The number of nitrogens with zero attached hydrogens (tertiary/aromatic N) is 6. The van der Waals surface area contributed by atoms with Crippen molar-refractivity contribution in [2.45, 2.75) is 10.8 Å². The van der Waals surface area contributed by atoms with E-state index >= 15 is 0 Å². The van der Waals surface area contributed by atoms with Crippen molar-refractivity contribution in [1.82, 2.24) is 18.8 Å². The average Bonchev–Trinajstić information content (AvgIpc) is 3.24. The first kappa shape index (κ1) is 22.0. The van der Waals surface area contributed by atoms with Crippen molar-refractivity contribution in [3.8, 4) is 12.1 Å². The Morgan fingerprint density at radius 1 is 1.00 bits per heavy atom. The molecule has 0 saturated carbocycles. The van der Waals surface area contributed by atoms with Crippen LogP contribution in [0.5, 0.6) is 0 Å². The van der Waals surface area contributed by atoms with Gasteiger partial charge < -0.3 is 0 Å². The van der Waals surface area contributed by atoms with E-state index < -0.39 is 15.9 Å². The van der Waals surface area contributed by atoms with E-state index in [2.05, 4.69) is 11.1 Å². The summed E-state index contributed by atoms with van der Waals surface area (Å²) in [5.41, 5.74) is 2.42. The minimum absolute atomic E-state index is 0.156. The van der Waals surface area contributed by atoms with E-state index in [1.165, 1.54) is 39.2 Å². The maximum atomic E-state index is 13.0. The van der Waals surface area contributed by atoms with E-state index in [1.807, 2.05) is 35.2 Å². The van der Waals surface area contributed by atoms with E-state index in [1.54, 1.807) is 0 Å². The summed E-state index contributed by atoms with van der Waals surface area (Å²) < 4.78 is 28.8. The Balaban J connectivity index is 1.30. The van der Waals surface area contributed by atoms with Crippen LogP contribution >= 0.6 is 0 Å². The average molecular weight is 473 g/mol. The van der Waals surface area contributed by atoms with Crippen molar-refractivity contribution in [3.63, 3.8) is 0 Å². The molecule has 2 aliphatic rings. The molecule has 1 unspecified atom stereocenters. The van der Waals surface area contributed by atoms with Gasteiger partial charge in [-0.1, -0.05) is 12.1 Å². The molecule has 0 bridgehead atoms. The van der Waals surface area contributed by atoms with Gasteiger partial charge in [0, 0.05) is 38.8 Å². The monoisotopic (exact) mass is 472 g/mol. The van der Waals surface area contributed by atoms with E-state index in [4.69, 9.17) is 5.26 Å². The van der Waals surface area contributed by atoms with Gasteiger partial charge in [-0.05, 0) is 42.0 Å². The van der Waals surface area contributed by atoms with E-state index in [0.29, 0.717) is 60.7 Å². The van der Waals surface area contributed by atoms with Crippen molar-refractivity contribution < 1.29 is 13.2 Å². The predicted octanol–water partition coefficient (Wildman–Crippen LogP) is 2.10. The zero-order valence-corrected chi connectivity index (χ0v) is 18.9. The highest BCUT2D eigenvalue weighted by Gasteiger charge is 2.34. The number of carbonyl (C=O) groups excluding carboxylic acids is 1. The molecule has 3 aromatic rings. The van der Waals surface area contributed by atoms with Crippen molar-refractivity contribution in [1.29, 1.82) is 10.5 Å². The van der Waals surface area contributed by atoms with Gasteiger partial charge in [-0.2, -0.15) is 14.8 Å². The Kier molecular flexibility index (Phi) is 5.50. The zero-order valence-electron chi connectivity index (χ0n) is 18.1. The van der Waals surface area contributed by atoms with Crippen LogP contribution in [0.2, 0.25) is 0 Å². The number of carbonyl (C=O) groups is 1. The lowest BCUT2D eigenvalue weighted by Crippen LogP contribution is -2.49. The number of nitriles is 2. The molecule has 5 rings (SSSR count). The van der Waals surface area contributed by atoms with Crippen molar-refractivity contribution in [2.75, 3.05) is 32.7 Å². The third-order valence-electron chi connectivity index (χ3n) is 6.23. The topological polar surface area (TPSA) is 123 Å². The lowest BCUT2D eigenvalue weighted by atomic mass is 9.95. The molecule has 170 valence electrons. The first-order chi connectivity index (χ1) is 16.4. The van der Waals surface area contributed by atoms with E-state index in [9.17, 15) is 18.5 Å². The SMILES string of the molecule is N#Cc1ccc(S(=O)(=O)N2CCN(CC3=CC(=O)n4c(nc5ccccc54)C3C#N)CC2)cc1. The molecule has 0 aliphatic carbocycles. The summed E-state index contributed by atoms with van der Waals surface area (Å²) in [7, 11) is -3.66. The summed E-state index contributed by atoms with van der Waals surface area (Å²) in [6.07, 6.45) is 1.51. The van der Waals surface area contributed by atoms with Crippen LogP contribution in [0.25, 0.3) is 11.0 Å². The summed E-state index contributed by atoms with van der Waals surface area (Å²) in [5, 5.41) is 18.8. The van der Waals surface area contributed by atoms with Crippen LogP contribution in [0.3, 0.4) is 0 Å². The molecule has 34 heavy (non-hydrogen) atoms. The number of aromatic nitrogens is 2. The second-order valence-corrected chi connectivity index (χ2v) is 10.2. The Morgan fingerprint density at radius 3 is 2.38 bits per heavy atom. The van der Waals surface area contributed by atoms with Crippen LogP contribution in [0.4, 0.5) is 0 Å². The summed E-state index contributed by atoms with van der Waals surface area (Å²) in [4.78, 5) is 19.6. The number of sulfonamides is 1. The molecule has 3 heterocycles. The van der Waals surface area contributed by atoms with E-state index in [-0.39, 0.29) is 10.8 Å². The highest BCUT2D eigenvalue weighted by atomic mass is 32.2. The summed E-state index contributed by atoms with van der Waals surface area (Å²) in [6, 6.07) is 17.4. The molecule has 0 spiro atoms. The van der Waals surface area contributed by atoms with Crippen LogP contribution < -0.4 is 0 Å². The van der Waals surface area contributed by atoms with Gasteiger partial charge in [0.05, 0.1) is 33.6 Å². The summed E-state index contributed by atoms with van der Waals surface area (Å²) in [5.74, 6) is -0.453. The molecule has 0 amide bonds. The highest BCUT2D eigenvalue weighted by Crippen LogP contribution is 2.32. The third kappa shape index (κ3) is 3.68. The fraction of sp³-hybridized carbons (Fsp3) is 0.250. The van der Waals surface area contributed by atoms with Gasteiger partial charge in [-0.15, -0.1) is 0 Å². The lowest BCUT2D eigenvalue weighted by Gasteiger charge is -2.35. The molecule has 1 aromatic heterocycles. The number of benzene rings is 2. The van der Waals surface area contributed by atoms with Crippen LogP contribution in [0, 0.1) is 22.7 Å². The molecular formula is C24H20N6O3S. The first-order valence-electron chi connectivity index (χ1n) is 10.8. The Hall–Kier alpha value is -3.83. The second-order valence-electron chi connectivity index (χ2n) is 8.23. The second kappa shape index (κ2) is 8.50. The molecule has 1 saturated heterocycles. The maximum Gasteiger partial charge on any atom is 0.256 e. The molecule has 1 fully saturated rings. The zero-order chi connectivity index (χ0) is 23.9. The lowest BCUT2D eigenvalue weighted by molar-refractivity contribution is 0.0962. The van der Waals surface area contributed by atoms with Crippen LogP contribution in [0.1, 0.15) is 22.1 Å². The van der Waals surface area contributed by atoms with E-state index in [0.717, 1.165) is 0 Å². The predicted molar refractivity (Wildman–Crippen MR) is 123 cm³/mol. The molecule has 0 N–H and O–H groups in total. The molecule has 2 aliphatic heterocycles. The van der Waals surface area contributed by atoms with Crippen LogP contribution in [0.15, 0.2) is 65.1 Å². The van der Waals surface area contributed by atoms with Gasteiger partial charge in [-0.3, -0.25) is 14.3 Å². The van der Waals surface area contributed by atoms with Gasteiger partial charge in [0.1, 0.15) is 11.7 Å². The largest absolute Gasteiger partial charge is 0.297 e. The third-order valence-corrected chi connectivity index (χ3v) is 8.15. The van der Waals surface area contributed by atoms with Gasteiger partial charge in [-0.25, -0.2) is 13.4 Å². The maximum absolute atomic E-state index is 13.0. The number of para-hydroxylation sites is 2. The molecule has 9 nitrogen and oxygen atoms in total. The highest BCUT2D eigenvalue weighted by molar-refractivity contribution is 7.89. The molecule has 10 heteroatoms. The Labute approximate surface area is 196 Å². The minimum Gasteiger partial charge on any atom is -0.297 e. The van der Waals surface area contributed by atoms with Crippen molar-refractivity contribution in [2.24, 2.45) is 0 Å². The fourth-order valence-electron chi connectivity index (χ4n) is 4.46. The number of rotatable bonds is 4. The molecule has 1 atom stereocenters. The number of allylic oxidation sites excluding steroid dienone is 1. The van der Waals surface area contributed by atoms with Gasteiger partial charge >= 0.3 is 0 Å². The molecular weight excluding hydrogens is 452 g/mol. The number of piperazine rings is 1. The minimum atomic E-state index is -3.66. The van der Waals surface area contributed by atoms with Gasteiger partial charge in [0.15, 0.2) is 0 Å². The molecule has 0 radical (unpaired) electrons. The van der Waals surface area contributed by atoms with Gasteiger partial charge in [0.25, 0.3) is 5.91 Å². The number of imidazole rings is 1. The summed E-state index contributed by atoms with van der Waals surface area (Å²) >= 11 is 0. The smallest absolute Gasteiger partial charge is 0.256 e. The van der Waals surface area contributed by atoms with Gasteiger partial charge in [0.2, 0.25) is 10.0 Å². The molecule has 2 aromatic carbocycles. The van der Waals surface area contributed by atoms with Crippen LogP contribution in [-0.2, 0) is 10.0 Å². The standard InChI is InChI=1S/C24H20N6O3S/c25-14-17-5-7-19(8-6-17)34(32,33)29-11-9-28(10-12-29)16-18-13-23(31)30-22-4-2-1-3-21(22)27-24(30)20(18)15-26/h1-8,13,20H,9-12,16H2. The Bertz CT molecular complexity index is 1500. The quantitative estimate of drug-likeness (QED) is 0.570. The Morgan fingerprint density at radius 2 is 1.71 bits per heavy atom. The summed E-state index contributed by atoms with van der Waals surface area (Å²) in [6.45, 7) is 1.90. The number of hydrogen-bond acceptors (Lipinski definition) is 7. The number of hydrogen-bond donors (Lipinski definition) is 0.